The Morgan fingerprint density at radius 1 is 1.44 bits per heavy atom. The van der Waals surface area contributed by atoms with Gasteiger partial charge in [-0.3, -0.25) is 10.1 Å². The Bertz CT molecular complexity index is 274. The summed E-state index contributed by atoms with van der Waals surface area (Å²) in [6, 6.07) is 0.542. The van der Waals surface area contributed by atoms with Crippen molar-refractivity contribution in [3.63, 3.8) is 0 Å². The van der Waals surface area contributed by atoms with E-state index in [9.17, 15) is 4.79 Å². The quantitative estimate of drug-likeness (QED) is 0.711. The van der Waals surface area contributed by atoms with E-state index in [1.54, 1.807) is 0 Å². The first kappa shape index (κ1) is 12.2. The van der Waals surface area contributed by atoms with Crippen LogP contribution in [0.25, 0.3) is 0 Å². The van der Waals surface area contributed by atoms with Crippen molar-refractivity contribution in [1.29, 1.82) is 0 Å². The molecule has 2 aliphatic rings. The van der Waals surface area contributed by atoms with Crippen LogP contribution in [-0.4, -0.2) is 28.5 Å². The smallest absolute Gasteiger partial charge is 0.238 e. The van der Waals surface area contributed by atoms with Crippen LogP contribution in [0.2, 0.25) is 0 Å². The standard InChI is InChI=1S/C12H22N2OS/c1-8(2)16-7-12(11(13)15,9-3-4-9)14-10-5-6-10/h8-10,14H,3-7H2,1-2H3,(H2,13,15). The van der Waals surface area contributed by atoms with E-state index >= 15 is 0 Å². The van der Waals surface area contributed by atoms with Crippen molar-refractivity contribution in [2.24, 2.45) is 11.7 Å². The summed E-state index contributed by atoms with van der Waals surface area (Å²) in [6.07, 6.45) is 4.71. The van der Waals surface area contributed by atoms with E-state index in [0.29, 0.717) is 17.2 Å². The molecule has 1 unspecified atom stereocenters. The molecule has 0 aromatic carbocycles. The van der Waals surface area contributed by atoms with Crippen LogP contribution in [0.1, 0.15) is 39.5 Å². The van der Waals surface area contributed by atoms with Gasteiger partial charge in [-0.2, -0.15) is 11.8 Å². The molecule has 0 radical (unpaired) electrons. The summed E-state index contributed by atoms with van der Waals surface area (Å²) in [4.78, 5) is 11.8. The van der Waals surface area contributed by atoms with E-state index in [2.05, 4.69) is 19.2 Å². The molecule has 2 aliphatic carbocycles. The number of hydrogen-bond donors (Lipinski definition) is 2. The van der Waals surface area contributed by atoms with Crippen molar-refractivity contribution in [2.45, 2.75) is 56.4 Å². The van der Waals surface area contributed by atoms with Gasteiger partial charge < -0.3 is 5.73 Å². The monoisotopic (exact) mass is 242 g/mol. The zero-order valence-corrected chi connectivity index (χ0v) is 11.0. The van der Waals surface area contributed by atoms with Crippen molar-refractivity contribution < 1.29 is 4.79 Å². The largest absolute Gasteiger partial charge is 0.368 e. The zero-order chi connectivity index (χ0) is 11.8. The predicted molar refractivity (Wildman–Crippen MR) is 68.4 cm³/mol. The Kier molecular flexibility index (Phi) is 3.50. The lowest BCUT2D eigenvalue weighted by molar-refractivity contribution is -0.124. The summed E-state index contributed by atoms with van der Waals surface area (Å²) in [5, 5.41) is 4.08. The highest BCUT2D eigenvalue weighted by Crippen LogP contribution is 2.43. The van der Waals surface area contributed by atoms with Crippen molar-refractivity contribution >= 4 is 17.7 Å². The lowest BCUT2D eigenvalue weighted by Crippen LogP contribution is -2.60. The van der Waals surface area contributed by atoms with Crippen LogP contribution in [0.15, 0.2) is 0 Å². The number of carbonyl (C=O) groups is 1. The summed E-state index contributed by atoms with van der Waals surface area (Å²) in [6.45, 7) is 4.33. The van der Waals surface area contributed by atoms with E-state index in [1.807, 2.05) is 11.8 Å². The fourth-order valence-corrected chi connectivity index (χ4v) is 3.14. The molecule has 4 heteroatoms. The van der Waals surface area contributed by atoms with Gasteiger partial charge in [0.15, 0.2) is 0 Å². The molecule has 92 valence electrons. The van der Waals surface area contributed by atoms with Gasteiger partial charge in [0.2, 0.25) is 5.91 Å². The third kappa shape index (κ3) is 2.72. The molecule has 2 fully saturated rings. The van der Waals surface area contributed by atoms with Gasteiger partial charge in [-0.15, -0.1) is 0 Å². The number of primary amides is 1. The molecule has 3 nitrogen and oxygen atoms in total. The van der Waals surface area contributed by atoms with Gasteiger partial charge in [-0.1, -0.05) is 13.8 Å². The van der Waals surface area contributed by atoms with E-state index in [-0.39, 0.29) is 5.91 Å². The molecule has 0 aromatic rings. The lowest BCUT2D eigenvalue weighted by Gasteiger charge is -2.32. The maximum atomic E-state index is 11.8. The maximum Gasteiger partial charge on any atom is 0.238 e. The zero-order valence-electron chi connectivity index (χ0n) is 10.2. The average molecular weight is 242 g/mol. The molecule has 0 heterocycles. The van der Waals surface area contributed by atoms with Crippen molar-refractivity contribution in [3.8, 4) is 0 Å². The first-order chi connectivity index (χ1) is 7.54. The van der Waals surface area contributed by atoms with Crippen molar-refractivity contribution in [1.82, 2.24) is 5.32 Å². The Hall–Kier alpha value is -0.220. The second-order valence-electron chi connectivity index (χ2n) is 5.39. The molecule has 16 heavy (non-hydrogen) atoms. The van der Waals surface area contributed by atoms with Crippen LogP contribution in [0.4, 0.5) is 0 Å². The Morgan fingerprint density at radius 2 is 2.06 bits per heavy atom. The van der Waals surface area contributed by atoms with E-state index in [0.717, 1.165) is 18.6 Å². The first-order valence-electron chi connectivity index (χ1n) is 6.24. The maximum absolute atomic E-state index is 11.8. The molecule has 1 amide bonds. The number of rotatable bonds is 7. The molecule has 2 rings (SSSR count). The number of hydrogen-bond acceptors (Lipinski definition) is 3. The molecule has 1 atom stereocenters. The van der Waals surface area contributed by atoms with Gasteiger partial charge in [-0.05, 0) is 36.9 Å². The van der Waals surface area contributed by atoms with Gasteiger partial charge in [-0.25, -0.2) is 0 Å². The molecule has 0 spiro atoms. The van der Waals surface area contributed by atoms with Crippen LogP contribution in [0.5, 0.6) is 0 Å². The van der Waals surface area contributed by atoms with Crippen LogP contribution >= 0.6 is 11.8 Å². The number of amides is 1. The highest BCUT2D eigenvalue weighted by atomic mass is 32.2. The van der Waals surface area contributed by atoms with Gasteiger partial charge >= 0.3 is 0 Å². The van der Waals surface area contributed by atoms with E-state index in [4.69, 9.17) is 5.73 Å². The van der Waals surface area contributed by atoms with E-state index < -0.39 is 5.54 Å². The average Bonchev–Trinajstić information content (AvgIpc) is 3.02. The SMILES string of the molecule is CC(C)SCC(NC1CC1)(C(N)=O)C1CC1. The third-order valence-electron chi connectivity index (χ3n) is 3.40. The van der Waals surface area contributed by atoms with Gasteiger partial charge in [0, 0.05) is 11.8 Å². The van der Waals surface area contributed by atoms with Gasteiger partial charge in [0.1, 0.15) is 5.54 Å². The first-order valence-corrected chi connectivity index (χ1v) is 7.28. The fraction of sp³-hybridized carbons (Fsp3) is 0.917. The van der Waals surface area contributed by atoms with Crippen LogP contribution in [-0.2, 0) is 4.79 Å². The Balaban J connectivity index is 2.03. The second-order valence-corrected chi connectivity index (χ2v) is 6.95. The fourth-order valence-electron chi connectivity index (χ4n) is 2.09. The van der Waals surface area contributed by atoms with Gasteiger partial charge in [0.25, 0.3) is 0 Å². The van der Waals surface area contributed by atoms with Gasteiger partial charge in [0.05, 0.1) is 0 Å². The number of nitrogens with one attached hydrogen (secondary N) is 1. The summed E-state index contributed by atoms with van der Waals surface area (Å²) < 4.78 is 0. The Labute approximate surface area is 102 Å². The normalized spacial score (nSPS) is 24.4. The molecule has 0 aromatic heterocycles. The topological polar surface area (TPSA) is 55.1 Å². The minimum Gasteiger partial charge on any atom is -0.368 e. The van der Waals surface area contributed by atoms with Crippen molar-refractivity contribution in [2.75, 3.05) is 5.75 Å². The van der Waals surface area contributed by atoms with Crippen molar-refractivity contribution in [3.05, 3.63) is 0 Å². The number of nitrogens with two attached hydrogens (primary N) is 1. The summed E-state index contributed by atoms with van der Waals surface area (Å²) in [5.74, 6) is 1.17. The molecule has 0 bridgehead atoms. The minimum atomic E-state index is -0.421. The lowest BCUT2D eigenvalue weighted by atomic mass is 9.94. The summed E-state index contributed by atoms with van der Waals surface area (Å²) >= 11 is 1.84. The summed E-state index contributed by atoms with van der Waals surface area (Å²) in [7, 11) is 0. The van der Waals surface area contributed by atoms with Crippen LogP contribution in [0.3, 0.4) is 0 Å². The molecule has 3 N–H and O–H groups in total. The molecule has 0 aliphatic heterocycles. The second kappa shape index (κ2) is 4.57. The van der Waals surface area contributed by atoms with E-state index in [1.165, 1.54) is 12.8 Å². The molecular formula is C12H22N2OS. The van der Waals surface area contributed by atoms with Crippen LogP contribution < -0.4 is 11.1 Å². The predicted octanol–water partition coefficient (Wildman–Crippen LogP) is 1.51. The number of carbonyl (C=O) groups excluding carboxylic acids is 1. The third-order valence-corrected chi connectivity index (χ3v) is 4.69. The minimum absolute atomic E-state index is 0.143. The Morgan fingerprint density at radius 3 is 2.44 bits per heavy atom. The molecule has 2 saturated carbocycles. The highest BCUT2D eigenvalue weighted by molar-refractivity contribution is 7.99. The summed E-state index contributed by atoms with van der Waals surface area (Å²) in [5.41, 5.74) is 5.24. The highest BCUT2D eigenvalue weighted by Gasteiger charge is 2.51. The molecular weight excluding hydrogens is 220 g/mol. The number of thioether (sulfide) groups is 1. The van der Waals surface area contributed by atoms with Crippen LogP contribution in [0, 0.1) is 5.92 Å². The molecule has 0 saturated heterocycles.